The van der Waals surface area contributed by atoms with Crippen LogP contribution in [0.5, 0.6) is 0 Å². The molecule has 1 rings (SSSR count). The van der Waals surface area contributed by atoms with Crippen molar-refractivity contribution in [3.05, 3.63) is 39.0 Å². The highest BCUT2D eigenvalue weighted by Crippen LogP contribution is 2.25. The molecule has 1 aromatic rings. The maximum Gasteiger partial charge on any atom is 0.134 e. The second-order valence-electron chi connectivity index (χ2n) is 3.47. The second kappa shape index (κ2) is 6.79. The van der Waals surface area contributed by atoms with Crippen LogP contribution in [0.2, 0.25) is 5.15 Å². The molecule has 0 saturated carbocycles. The average molecular weight is 268 g/mol. The summed E-state index contributed by atoms with van der Waals surface area (Å²) >= 11 is 5.78. The highest BCUT2D eigenvalue weighted by Gasteiger charge is 2.21. The quantitative estimate of drug-likeness (QED) is 0.364. The molecule has 8 heteroatoms. The minimum Gasteiger partial charge on any atom is -0.390 e. The van der Waals surface area contributed by atoms with Crippen molar-refractivity contribution in [1.82, 2.24) is 4.98 Å². The smallest absolute Gasteiger partial charge is 0.134 e. The first-order valence-corrected chi connectivity index (χ1v) is 5.40. The molecule has 0 bridgehead atoms. The van der Waals surface area contributed by atoms with E-state index in [1.807, 2.05) is 6.07 Å². The predicted molar refractivity (Wildman–Crippen MR) is 63.6 cm³/mol. The van der Waals surface area contributed by atoms with Crippen LogP contribution in [0, 0.1) is 11.3 Å². The van der Waals surface area contributed by atoms with Crippen molar-refractivity contribution in [2.24, 2.45) is 5.11 Å². The minimum atomic E-state index is -1.29. The molecular formula is C10H10ClN5O2. The number of nitriles is 1. The molecule has 2 unspecified atom stereocenters. The first-order valence-electron chi connectivity index (χ1n) is 5.02. The van der Waals surface area contributed by atoms with Crippen LogP contribution in [0.4, 0.5) is 0 Å². The van der Waals surface area contributed by atoms with Gasteiger partial charge in [0.15, 0.2) is 0 Å². The molecule has 7 nitrogen and oxygen atoms in total. The third-order valence-electron chi connectivity index (χ3n) is 2.27. The molecule has 0 fully saturated rings. The molecular weight excluding hydrogens is 258 g/mol. The summed E-state index contributed by atoms with van der Waals surface area (Å²) in [6.45, 7) is 0.0533. The Balaban J connectivity index is 2.85. The van der Waals surface area contributed by atoms with E-state index in [1.54, 1.807) is 0 Å². The lowest BCUT2D eigenvalue weighted by Gasteiger charge is -2.18. The van der Waals surface area contributed by atoms with Gasteiger partial charge < -0.3 is 10.2 Å². The molecule has 94 valence electrons. The lowest BCUT2D eigenvalue weighted by atomic mass is 10.0. The molecule has 0 aromatic carbocycles. The van der Waals surface area contributed by atoms with Crippen LogP contribution in [0.3, 0.4) is 0 Å². The van der Waals surface area contributed by atoms with Crippen molar-refractivity contribution in [1.29, 1.82) is 5.26 Å². The maximum absolute atomic E-state index is 9.87. The van der Waals surface area contributed by atoms with Crippen LogP contribution in [0.15, 0.2) is 17.4 Å². The molecule has 1 aromatic heterocycles. The van der Waals surface area contributed by atoms with Crippen molar-refractivity contribution in [2.75, 3.05) is 6.54 Å². The van der Waals surface area contributed by atoms with Gasteiger partial charge in [0.1, 0.15) is 17.3 Å². The van der Waals surface area contributed by atoms with Crippen LogP contribution in [0.1, 0.15) is 23.7 Å². The Labute approximate surface area is 108 Å². The van der Waals surface area contributed by atoms with Gasteiger partial charge in [-0.25, -0.2) is 4.98 Å². The minimum absolute atomic E-state index is 0.0179. The lowest BCUT2D eigenvalue weighted by Crippen LogP contribution is -2.19. The van der Waals surface area contributed by atoms with Crippen LogP contribution in [-0.2, 0) is 0 Å². The highest BCUT2D eigenvalue weighted by atomic mass is 35.5. The van der Waals surface area contributed by atoms with E-state index in [0.29, 0.717) is 0 Å². The average Bonchev–Trinajstić information content (AvgIpc) is 2.38. The van der Waals surface area contributed by atoms with Crippen LogP contribution in [-0.4, -0.2) is 27.8 Å². The van der Waals surface area contributed by atoms with E-state index in [9.17, 15) is 10.2 Å². The van der Waals surface area contributed by atoms with Crippen molar-refractivity contribution < 1.29 is 10.2 Å². The van der Waals surface area contributed by atoms with Gasteiger partial charge in [-0.3, -0.25) is 0 Å². The Morgan fingerprint density at radius 1 is 1.61 bits per heavy atom. The van der Waals surface area contributed by atoms with Gasteiger partial charge in [0.25, 0.3) is 0 Å². The number of nitrogens with zero attached hydrogens (tertiary/aromatic N) is 5. The van der Waals surface area contributed by atoms with Gasteiger partial charge in [-0.05, 0) is 18.0 Å². The van der Waals surface area contributed by atoms with E-state index < -0.39 is 12.2 Å². The Morgan fingerprint density at radius 2 is 2.33 bits per heavy atom. The van der Waals surface area contributed by atoms with Gasteiger partial charge in [0.2, 0.25) is 0 Å². The summed E-state index contributed by atoms with van der Waals surface area (Å²) in [6, 6.07) is 3.22. The summed E-state index contributed by atoms with van der Waals surface area (Å²) in [4.78, 5) is 6.28. The Hall–Kier alpha value is -1.84. The normalized spacial score (nSPS) is 13.2. The summed E-state index contributed by atoms with van der Waals surface area (Å²) in [6.07, 6.45) is -1.08. The first-order chi connectivity index (χ1) is 8.60. The first kappa shape index (κ1) is 14.2. The standard InChI is InChI=1S/C10H10ClN5O2/c11-10-7(3-6(4-12)5-14-10)9(18)8(17)1-2-15-16-13/h3,5,8-9,17-18H,1-2H2. The molecule has 2 N–H and O–H groups in total. The number of azide groups is 1. The molecule has 18 heavy (non-hydrogen) atoms. The van der Waals surface area contributed by atoms with E-state index in [2.05, 4.69) is 15.0 Å². The number of aromatic nitrogens is 1. The van der Waals surface area contributed by atoms with Crippen molar-refractivity contribution >= 4 is 11.6 Å². The molecule has 0 radical (unpaired) electrons. The summed E-state index contributed by atoms with van der Waals surface area (Å²) in [7, 11) is 0. The van der Waals surface area contributed by atoms with Gasteiger partial charge in [-0.1, -0.05) is 16.7 Å². The third kappa shape index (κ3) is 3.58. The summed E-state index contributed by atoms with van der Waals surface area (Å²) in [5, 5.41) is 31.5. The number of rotatable bonds is 5. The van der Waals surface area contributed by atoms with E-state index in [1.165, 1.54) is 12.3 Å². The fraction of sp³-hybridized carbons (Fsp3) is 0.400. The van der Waals surface area contributed by atoms with Crippen molar-refractivity contribution in [3.63, 3.8) is 0 Å². The Bertz CT molecular complexity index is 509. The zero-order chi connectivity index (χ0) is 13.5. The van der Waals surface area contributed by atoms with E-state index in [0.717, 1.165) is 0 Å². The van der Waals surface area contributed by atoms with Crippen LogP contribution < -0.4 is 0 Å². The monoisotopic (exact) mass is 267 g/mol. The molecule has 0 spiro atoms. The van der Waals surface area contributed by atoms with E-state index in [4.69, 9.17) is 22.4 Å². The van der Waals surface area contributed by atoms with Crippen molar-refractivity contribution in [2.45, 2.75) is 18.6 Å². The zero-order valence-electron chi connectivity index (χ0n) is 9.23. The molecule has 0 saturated heterocycles. The number of hydrogen-bond acceptors (Lipinski definition) is 5. The summed E-state index contributed by atoms with van der Waals surface area (Å²) in [5.74, 6) is 0. The van der Waals surface area contributed by atoms with Gasteiger partial charge in [0.05, 0.1) is 11.7 Å². The van der Waals surface area contributed by atoms with Crippen LogP contribution >= 0.6 is 11.6 Å². The number of pyridine rings is 1. The maximum atomic E-state index is 9.87. The van der Waals surface area contributed by atoms with Gasteiger partial charge in [-0.15, -0.1) is 0 Å². The molecule has 0 aliphatic heterocycles. The lowest BCUT2D eigenvalue weighted by molar-refractivity contribution is 0.0149. The number of aliphatic hydroxyl groups is 2. The summed E-state index contributed by atoms with van der Waals surface area (Å²) in [5.41, 5.74) is 8.50. The number of aliphatic hydroxyl groups excluding tert-OH is 2. The molecule has 1 heterocycles. The molecule has 2 atom stereocenters. The highest BCUT2D eigenvalue weighted by molar-refractivity contribution is 6.30. The Kier molecular flexibility index (Phi) is 5.36. The summed E-state index contributed by atoms with van der Waals surface area (Å²) < 4.78 is 0. The molecule has 0 aliphatic carbocycles. The fourth-order valence-corrected chi connectivity index (χ4v) is 1.55. The topological polar surface area (TPSA) is 126 Å². The second-order valence-corrected chi connectivity index (χ2v) is 3.83. The molecule has 0 amide bonds. The van der Waals surface area contributed by atoms with E-state index in [-0.39, 0.29) is 29.2 Å². The third-order valence-corrected chi connectivity index (χ3v) is 2.58. The van der Waals surface area contributed by atoms with Crippen LogP contribution in [0.25, 0.3) is 10.4 Å². The SMILES string of the molecule is N#Cc1cnc(Cl)c(C(O)C(O)CCN=[N+]=[N-])c1. The largest absolute Gasteiger partial charge is 0.390 e. The van der Waals surface area contributed by atoms with Gasteiger partial charge in [-0.2, -0.15) is 5.26 Å². The molecule has 0 aliphatic rings. The Morgan fingerprint density at radius 3 is 2.94 bits per heavy atom. The van der Waals surface area contributed by atoms with Gasteiger partial charge >= 0.3 is 0 Å². The fourth-order valence-electron chi connectivity index (χ4n) is 1.33. The van der Waals surface area contributed by atoms with Gasteiger partial charge in [0, 0.05) is 23.2 Å². The number of hydrogen-bond donors (Lipinski definition) is 2. The number of halogens is 1. The van der Waals surface area contributed by atoms with Crippen molar-refractivity contribution in [3.8, 4) is 6.07 Å². The van der Waals surface area contributed by atoms with E-state index >= 15 is 0 Å². The predicted octanol–water partition coefficient (Wildman–Crippen LogP) is 1.70. The zero-order valence-corrected chi connectivity index (χ0v) is 9.99.